The molecule has 0 aromatic heterocycles. The molecule has 0 aliphatic carbocycles. The van der Waals surface area contributed by atoms with Gasteiger partial charge < -0.3 is 10.6 Å². The minimum absolute atomic E-state index is 0.00494. The number of hydrogen-bond donors (Lipinski definition) is 1. The average Bonchev–Trinajstić information content (AvgIpc) is 2.76. The van der Waals surface area contributed by atoms with Crippen molar-refractivity contribution in [3.05, 3.63) is 11.3 Å². The molecule has 0 radical (unpaired) electrons. The van der Waals surface area contributed by atoms with Crippen LogP contribution in [0, 0.1) is 22.2 Å². The van der Waals surface area contributed by atoms with Crippen molar-refractivity contribution in [3.63, 3.8) is 0 Å². The van der Waals surface area contributed by atoms with Gasteiger partial charge >= 0.3 is 0 Å². The fourth-order valence-electron chi connectivity index (χ4n) is 3.88. The Morgan fingerprint density at radius 1 is 1.04 bits per heavy atom. The van der Waals surface area contributed by atoms with Gasteiger partial charge in [0.15, 0.2) is 0 Å². The molecule has 4 nitrogen and oxygen atoms in total. The molecule has 0 saturated carbocycles. The van der Waals surface area contributed by atoms with Crippen LogP contribution in [0.25, 0.3) is 0 Å². The predicted octanol–water partition coefficient (Wildman–Crippen LogP) is 3.97. The van der Waals surface area contributed by atoms with Crippen molar-refractivity contribution in [2.45, 2.75) is 74.8 Å². The number of carbonyl (C=O) groups is 1. The summed E-state index contributed by atoms with van der Waals surface area (Å²) in [4.78, 5) is 19.4. The molecule has 2 N–H and O–H groups in total. The summed E-state index contributed by atoms with van der Waals surface area (Å²) in [5.41, 5.74) is 8.28. The second kappa shape index (κ2) is 5.60. The zero-order chi connectivity index (χ0) is 18.7. The standard InChI is InChI=1S/C20H35N3O/c1-18(2,3)14-13-10-12(16(21)24)11-23(13)17(20(7,8)9)22-15(14)19(4,5)6/h12,15H,10-11H2,1-9H3,(H2,21,24)/t12?,15-/m0/s1. The van der Waals surface area contributed by atoms with Crippen LogP contribution in [0.4, 0.5) is 0 Å². The number of allylic oxidation sites excluding steroid dienone is 1. The normalized spacial score (nSPS) is 25.7. The first-order chi connectivity index (χ1) is 10.6. The van der Waals surface area contributed by atoms with Gasteiger partial charge in [-0.05, 0) is 16.4 Å². The minimum atomic E-state index is -0.203. The molecule has 2 heterocycles. The maximum atomic E-state index is 11.9. The predicted molar refractivity (Wildman–Crippen MR) is 101 cm³/mol. The highest BCUT2D eigenvalue weighted by molar-refractivity contribution is 5.92. The molecule has 1 unspecified atom stereocenters. The number of amidine groups is 1. The van der Waals surface area contributed by atoms with Crippen LogP contribution in [0.5, 0.6) is 0 Å². The Hall–Kier alpha value is -1.32. The number of primary amides is 1. The Bertz CT molecular complexity index is 594. The summed E-state index contributed by atoms with van der Waals surface area (Å²) >= 11 is 0. The first-order valence-corrected chi connectivity index (χ1v) is 9.02. The summed E-state index contributed by atoms with van der Waals surface area (Å²) in [6.45, 7) is 20.8. The Balaban J connectivity index is 2.69. The molecule has 2 rings (SSSR count). The van der Waals surface area contributed by atoms with Crippen molar-refractivity contribution < 1.29 is 4.79 Å². The Morgan fingerprint density at radius 3 is 1.96 bits per heavy atom. The van der Waals surface area contributed by atoms with Gasteiger partial charge in [-0.2, -0.15) is 0 Å². The van der Waals surface area contributed by atoms with Crippen LogP contribution < -0.4 is 5.73 Å². The summed E-state index contributed by atoms with van der Waals surface area (Å²) in [5, 5.41) is 0. The first kappa shape index (κ1) is 19.0. The van der Waals surface area contributed by atoms with Gasteiger partial charge in [0.25, 0.3) is 0 Å². The van der Waals surface area contributed by atoms with Gasteiger partial charge in [-0.25, -0.2) is 0 Å². The molecule has 4 heteroatoms. The van der Waals surface area contributed by atoms with E-state index >= 15 is 0 Å². The summed E-state index contributed by atoms with van der Waals surface area (Å²) in [6, 6.07) is 0.129. The van der Waals surface area contributed by atoms with E-state index in [2.05, 4.69) is 67.2 Å². The van der Waals surface area contributed by atoms with Crippen molar-refractivity contribution in [3.8, 4) is 0 Å². The third kappa shape index (κ3) is 3.38. The lowest BCUT2D eigenvalue weighted by Crippen LogP contribution is -2.47. The van der Waals surface area contributed by atoms with Gasteiger partial charge in [0, 0.05) is 24.1 Å². The van der Waals surface area contributed by atoms with E-state index < -0.39 is 0 Å². The van der Waals surface area contributed by atoms with Crippen LogP contribution in [0.2, 0.25) is 0 Å². The molecule has 0 bridgehead atoms. The zero-order valence-electron chi connectivity index (χ0n) is 16.9. The number of amides is 1. The molecule has 2 atom stereocenters. The smallest absolute Gasteiger partial charge is 0.222 e. The number of carbonyl (C=O) groups excluding carboxylic acids is 1. The lowest BCUT2D eigenvalue weighted by molar-refractivity contribution is -0.121. The number of rotatable bonds is 1. The molecular formula is C20H35N3O. The Kier molecular flexibility index (Phi) is 4.44. The monoisotopic (exact) mass is 333 g/mol. The van der Waals surface area contributed by atoms with Crippen LogP contribution in [-0.2, 0) is 4.79 Å². The average molecular weight is 334 g/mol. The van der Waals surface area contributed by atoms with Crippen LogP contribution in [-0.4, -0.2) is 29.2 Å². The maximum absolute atomic E-state index is 11.9. The highest BCUT2D eigenvalue weighted by atomic mass is 16.1. The van der Waals surface area contributed by atoms with E-state index in [0.717, 1.165) is 12.3 Å². The molecule has 1 amide bonds. The fourth-order valence-corrected chi connectivity index (χ4v) is 3.88. The second-order valence-corrected chi connectivity index (χ2v) is 10.5. The highest BCUT2D eigenvalue weighted by Gasteiger charge is 2.47. The summed E-state index contributed by atoms with van der Waals surface area (Å²) in [6.07, 6.45) is 0.740. The van der Waals surface area contributed by atoms with Crippen LogP contribution in [0.1, 0.15) is 68.7 Å². The van der Waals surface area contributed by atoms with Gasteiger partial charge in [-0.3, -0.25) is 9.79 Å². The third-order valence-corrected chi connectivity index (χ3v) is 4.96. The summed E-state index contributed by atoms with van der Waals surface area (Å²) in [5.74, 6) is 0.767. The van der Waals surface area contributed by atoms with Crippen molar-refractivity contribution in [1.29, 1.82) is 0 Å². The molecule has 2 aliphatic heterocycles. The molecule has 1 fully saturated rings. The van der Waals surface area contributed by atoms with Gasteiger partial charge in [-0.15, -0.1) is 0 Å². The van der Waals surface area contributed by atoms with E-state index in [0.29, 0.717) is 6.54 Å². The molecular weight excluding hydrogens is 298 g/mol. The van der Waals surface area contributed by atoms with E-state index in [1.807, 2.05) is 0 Å². The third-order valence-electron chi connectivity index (χ3n) is 4.96. The quantitative estimate of drug-likeness (QED) is 0.789. The van der Waals surface area contributed by atoms with Crippen molar-refractivity contribution >= 4 is 11.7 Å². The summed E-state index contributed by atoms with van der Waals surface area (Å²) in [7, 11) is 0. The SMILES string of the molecule is CC(C)(C)C1=N[C@H](C(C)(C)C)C(C(C)(C)C)=C2CC(C(N)=O)CN12. The topological polar surface area (TPSA) is 58.7 Å². The van der Waals surface area contributed by atoms with E-state index in [9.17, 15) is 4.79 Å². The van der Waals surface area contributed by atoms with Crippen molar-refractivity contribution in [1.82, 2.24) is 4.90 Å². The molecule has 0 aromatic carbocycles. The summed E-state index contributed by atoms with van der Waals surface area (Å²) < 4.78 is 0. The Morgan fingerprint density at radius 2 is 1.58 bits per heavy atom. The Labute approximate surface area is 147 Å². The minimum Gasteiger partial charge on any atom is -0.369 e. The highest BCUT2D eigenvalue weighted by Crippen LogP contribution is 2.48. The molecule has 1 saturated heterocycles. The number of aliphatic imine (C=N–C) groups is 1. The van der Waals surface area contributed by atoms with Gasteiger partial charge in [0.2, 0.25) is 5.91 Å². The lowest BCUT2D eigenvalue weighted by atomic mass is 9.70. The molecule has 136 valence electrons. The van der Waals surface area contributed by atoms with Gasteiger partial charge in [-0.1, -0.05) is 62.3 Å². The zero-order valence-corrected chi connectivity index (χ0v) is 16.9. The van der Waals surface area contributed by atoms with E-state index in [-0.39, 0.29) is 34.1 Å². The lowest BCUT2D eigenvalue weighted by Gasteiger charge is -2.45. The van der Waals surface area contributed by atoms with E-state index in [1.165, 1.54) is 11.3 Å². The van der Waals surface area contributed by atoms with E-state index in [1.54, 1.807) is 0 Å². The number of nitrogens with two attached hydrogens (primary N) is 1. The van der Waals surface area contributed by atoms with Gasteiger partial charge in [0.1, 0.15) is 5.84 Å². The number of nitrogens with zero attached hydrogens (tertiary/aromatic N) is 2. The molecule has 0 spiro atoms. The maximum Gasteiger partial charge on any atom is 0.222 e. The molecule has 2 aliphatic rings. The molecule has 24 heavy (non-hydrogen) atoms. The number of hydrogen-bond acceptors (Lipinski definition) is 3. The van der Waals surface area contributed by atoms with Gasteiger partial charge in [0.05, 0.1) is 12.0 Å². The van der Waals surface area contributed by atoms with Crippen molar-refractivity contribution in [2.24, 2.45) is 32.9 Å². The van der Waals surface area contributed by atoms with Crippen LogP contribution >= 0.6 is 0 Å². The van der Waals surface area contributed by atoms with Crippen molar-refractivity contribution in [2.75, 3.05) is 6.54 Å². The first-order valence-electron chi connectivity index (χ1n) is 9.02. The van der Waals surface area contributed by atoms with Crippen LogP contribution in [0.3, 0.4) is 0 Å². The molecule has 0 aromatic rings. The second-order valence-electron chi connectivity index (χ2n) is 10.5. The van der Waals surface area contributed by atoms with Crippen LogP contribution in [0.15, 0.2) is 16.3 Å². The fraction of sp³-hybridized carbons (Fsp3) is 0.800. The number of fused-ring (bicyclic) bond motifs is 1. The largest absolute Gasteiger partial charge is 0.369 e. The van der Waals surface area contributed by atoms with E-state index in [4.69, 9.17) is 10.7 Å².